The van der Waals surface area contributed by atoms with Gasteiger partial charge in [-0.15, -0.1) is 0 Å². The molecule has 0 amide bonds. The predicted molar refractivity (Wildman–Crippen MR) is 148 cm³/mol. The normalized spacial score (nSPS) is 13.2. The van der Waals surface area contributed by atoms with Crippen LogP contribution < -0.4 is 7.16 Å². The van der Waals surface area contributed by atoms with Gasteiger partial charge in [-0.2, -0.15) is 0 Å². The van der Waals surface area contributed by atoms with Crippen LogP contribution in [0, 0.1) is 0 Å². The van der Waals surface area contributed by atoms with Crippen molar-refractivity contribution in [2.45, 2.75) is 21.7 Å². The van der Waals surface area contributed by atoms with Gasteiger partial charge >= 0.3 is 204 Å². The molecule has 0 radical (unpaired) electrons. The minimum atomic E-state index is -3.51. The molecule has 0 bridgehead atoms. The van der Waals surface area contributed by atoms with Gasteiger partial charge < -0.3 is 0 Å². The van der Waals surface area contributed by atoms with Gasteiger partial charge in [0.15, 0.2) is 0 Å². The molecule has 0 aliphatic rings. The Balaban J connectivity index is 2.10. The molecule has 0 aromatic heterocycles. The van der Waals surface area contributed by atoms with Crippen molar-refractivity contribution < 1.29 is 0 Å². The summed E-state index contributed by atoms with van der Waals surface area (Å²) in [6.45, 7) is 13.2. The topological polar surface area (TPSA) is 0 Å². The molecule has 0 fully saturated rings. The summed E-state index contributed by atoms with van der Waals surface area (Å²) in [6.07, 6.45) is 4.03. The van der Waals surface area contributed by atoms with Crippen molar-refractivity contribution in [3.05, 3.63) is 145 Å². The molecular formula is C32H32Sn. The zero-order chi connectivity index (χ0) is 23.3. The van der Waals surface area contributed by atoms with Gasteiger partial charge in [-0.1, -0.05) is 0 Å². The van der Waals surface area contributed by atoms with Crippen LogP contribution in [-0.2, 0) is 0 Å². The first-order valence-electron chi connectivity index (χ1n) is 11.7. The van der Waals surface area contributed by atoms with E-state index in [0.717, 1.165) is 0 Å². The quantitative estimate of drug-likeness (QED) is 0.209. The van der Waals surface area contributed by atoms with Gasteiger partial charge in [0.1, 0.15) is 0 Å². The second-order valence-electron chi connectivity index (χ2n) is 8.71. The summed E-state index contributed by atoms with van der Waals surface area (Å²) in [5.41, 5.74) is 5.28. The maximum atomic E-state index is 4.14. The molecule has 0 spiro atoms. The van der Waals surface area contributed by atoms with Crippen LogP contribution in [0.1, 0.15) is 44.0 Å². The predicted octanol–water partition coefficient (Wildman–Crippen LogP) is 7.22. The SMILES string of the molecule is C=Cc1ccccc1[CH](C)[Sn]([c]1ccccc1)([c]1ccccc1)[CH](C)c1ccccc1C=C. The molecular weight excluding hydrogens is 503 g/mol. The van der Waals surface area contributed by atoms with E-state index in [1.54, 1.807) is 0 Å². The minimum absolute atomic E-state index is 0.395. The summed E-state index contributed by atoms with van der Waals surface area (Å²) in [7, 11) is 0. The number of benzene rings is 4. The Labute approximate surface area is 203 Å². The van der Waals surface area contributed by atoms with E-state index in [4.69, 9.17) is 0 Å². The molecule has 0 aliphatic carbocycles. The third-order valence-electron chi connectivity index (χ3n) is 7.23. The number of rotatable bonds is 8. The molecule has 0 nitrogen and oxygen atoms in total. The van der Waals surface area contributed by atoms with E-state index < -0.39 is 18.4 Å². The van der Waals surface area contributed by atoms with Gasteiger partial charge in [-0.05, 0) is 0 Å². The van der Waals surface area contributed by atoms with Crippen molar-refractivity contribution in [2.24, 2.45) is 0 Å². The molecule has 2 atom stereocenters. The van der Waals surface area contributed by atoms with Gasteiger partial charge in [-0.25, -0.2) is 0 Å². The maximum absolute atomic E-state index is 4.14. The number of hydrogen-bond donors (Lipinski definition) is 0. The Kier molecular flexibility index (Phi) is 7.35. The van der Waals surface area contributed by atoms with Crippen molar-refractivity contribution in [2.75, 3.05) is 0 Å². The molecule has 0 saturated carbocycles. The standard InChI is InChI=1S/2C10H11.2C6H5.Sn/c2*1-3-9-7-5-6-8-10(9)4-2;2*1-2-4-6-5-3-1;/h2*3-8H,1H2,2H3;2*1-5H;. The molecule has 4 aromatic rings. The molecule has 4 rings (SSSR count). The zero-order valence-corrected chi connectivity index (χ0v) is 22.5. The van der Waals surface area contributed by atoms with Crippen LogP contribution in [0.5, 0.6) is 0 Å². The van der Waals surface area contributed by atoms with Crippen LogP contribution in [0.15, 0.2) is 122 Å². The molecule has 0 saturated heterocycles. The van der Waals surface area contributed by atoms with Crippen LogP contribution in [0.2, 0.25) is 0 Å². The van der Waals surface area contributed by atoms with E-state index in [1.807, 2.05) is 12.2 Å². The van der Waals surface area contributed by atoms with Gasteiger partial charge in [0.05, 0.1) is 0 Å². The first-order chi connectivity index (χ1) is 16.1. The van der Waals surface area contributed by atoms with Crippen molar-refractivity contribution in [1.29, 1.82) is 0 Å². The molecule has 0 heterocycles. The zero-order valence-electron chi connectivity index (χ0n) is 19.6. The third kappa shape index (κ3) is 4.25. The molecule has 0 N–H and O–H groups in total. The Morgan fingerprint density at radius 1 is 0.515 bits per heavy atom. The van der Waals surface area contributed by atoms with Gasteiger partial charge in [0, 0.05) is 0 Å². The molecule has 164 valence electrons. The van der Waals surface area contributed by atoms with E-state index in [1.165, 1.54) is 29.4 Å². The van der Waals surface area contributed by atoms with E-state index in [2.05, 4.69) is 136 Å². The average Bonchev–Trinajstić information content (AvgIpc) is 2.90. The molecule has 4 aromatic carbocycles. The average molecular weight is 535 g/mol. The van der Waals surface area contributed by atoms with Gasteiger partial charge in [0.25, 0.3) is 0 Å². The van der Waals surface area contributed by atoms with E-state index in [-0.39, 0.29) is 0 Å². The van der Waals surface area contributed by atoms with Crippen molar-refractivity contribution in [3.63, 3.8) is 0 Å². The first-order valence-corrected chi connectivity index (χ1v) is 17.8. The Hall–Kier alpha value is -2.84. The van der Waals surface area contributed by atoms with E-state index >= 15 is 0 Å². The first kappa shape index (κ1) is 23.3. The van der Waals surface area contributed by atoms with Crippen molar-refractivity contribution in [1.82, 2.24) is 0 Å². The van der Waals surface area contributed by atoms with E-state index in [0.29, 0.717) is 7.87 Å². The fraction of sp³-hybridized carbons (Fsp3) is 0.125. The second kappa shape index (κ2) is 10.4. The fourth-order valence-electron chi connectivity index (χ4n) is 5.64. The van der Waals surface area contributed by atoms with Gasteiger partial charge in [-0.3, -0.25) is 0 Å². The van der Waals surface area contributed by atoms with Crippen LogP contribution >= 0.6 is 0 Å². The monoisotopic (exact) mass is 536 g/mol. The van der Waals surface area contributed by atoms with Crippen LogP contribution in [0.3, 0.4) is 0 Å². The number of hydrogen-bond acceptors (Lipinski definition) is 0. The Morgan fingerprint density at radius 3 is 1.21 bits per heavy atom. The van der Waals surface area contributed by atoms with Crippen molar-refractivity contribution in [3.8, 4) is 0 Å². The Morgan fingerprint density at radius 2 is 0.848 bits per heavy atom. The molecule has 1 heteroatoms. The van der Waals surface area contributed by atoms with E-state index in [9.17, 15) is 0 Å². The summed E-state index contributed by atoms with van der Waals surface area (Å²) in [4.78, 5) is 0. The summed E-state index contributed by atoms with van der Waals surface area (Å²) in [6, 6.07) is 40.2. The Bertz CT molecular complexity index is 1120. The van der Waals surface area contributed by atoms with Crippen LogP contribution in [-0.4, -0.2) is 18.4 Å². The van der Waals surface area contributed by atoms with Crippen LogP contribution in [0.4, 0.5) is 0 Å². The second-order valence-corrected chi connectivity index (χ2v) is 21.9. The summed E-state index contributed by atoms with van der Waals surface area (Å²) in [5.74, 6) is 0. The summed E-state index contributed by atoms with van der Waals surface area (Å²) in [5, 5.41) is 0. The molecule has 33 heavy (non-hydrogen) atoms. The summed E-state index contributed by atoms with van der Waals surface area (Å²) < 4.78 is 3.84. The van der Waals surface area contributed by atoms with Crippen molar-refractivity contribution >= 4 is 37.7 Å². The van der Waals surface area contributed by atoms with Gasteiger partial charge in [0.2, 0.25) is 0 Å². The van der Waals surface area contributed by atoms with Crippen LogP contribution in [0.25, 0.3) is 12.2 Å². The molecule has 0 aliphatic heterocycles. The fourth-order valence-corrected chi connectivity index (χ4v) is 23.0. The summed E-state index contributed by atoms with van der Waals surface area (Å²) >= 11 is -3.51. The third-order valence-corrected chi connectivity index (χ3v) is 24.2. The molecule has 2 unspecified atom stereocenters.